The van der Waals surface area contributed by atoms with Crippen LogP contribution in [0.2, 0.25) is 0 Å². The summed E-state index contributed by atoms with van der Waals surface area (Å²) in [6.07, 6.45) is 0. The summed E-state index contributed by atoms with van der Waals surface area (Å²) in [6.45, 7) is 9.26. The van der Waals surface area contributed by atoms with E-state index >= 15 is 0 Å². The van der Waals surface area contributed by atoms with Gasteiger partial charge >= 0.3 is 0 Å². The van der Waals surface area contributed by atoms with E-state index in [1.54, 1.807) is 48.5 Å². The number of benzene rings is 2. The maximum absolute atomic E-state index is 12.5. The molecule has 0 saturated heterocycles. The fraction of sp³-hybridized carbons (Fsp3) is 0.318. The third kappa shape index (κ3) is 5.94. The Morgan fingerprint density at radius 3 is 2.00 bits per heavy atom. The van der Waals surface area contributed by atoms with Crippen LogP contribution < -0.4 is 16.0 Å². The number of hydrogen-bond donors (Lipinski definition) is 3. The molecule has 148 valence electrons. The predicted molar refractivity (Wildman–Crippen MR) is 112 cm³/mol. The van der Waals surface area contributed by atoms with Gasteiger partial charge in [0.05, 0.1) is 0 Å². The van der Waals surface area contributed by atoms with E-state index < -0.39 is 5.41 Å². The van der Waals surface area contributed by atoms with Crippen LogP contribution in [0.4, 0.5) is 11.4 Å². The predicted octanol–water partition coefficient (Wildman–Crippen LogP) is 4.06. The lowest BCUT2D eigenvalue weighted by Crippen LogP contribution is -2.30. The minimum atomic E-state index is -0.526. The van der Waals surface area contributed by atoms with E-state index in [-0.39, 0.29) is 23.8 Å². The van der Waals surface area contributed by atoms with E-state index in [0.717, 1.165) is 0 Å². The van der Waals surface area contributed by atoms with Crippen LogP contribution in [-0.4, -0.2) is 23.8 Å². The summed E-state index contributed by atoms with van der Waals surface area (Å²) in [5, 5.41) is 8.42. The molecule has 0 saturated carbocycles. The van der Waals surface area contributed by atoms with Crippen molar-refractivity contribution in [1.29, 1.82) is 0 Å². The van der Waals surface area contributed by atoms with E-state index in [0.29, 0.717) is 22.5 Å². The lowest BCUT2D eigenvalue weighted by Gasteiger charge is -2.18. The van der Waals surface area contributed by atoms with Crippen LogP contribution in [0.1, 0.15) is 55.3 Å². The van der Waals surface area contributed by atoms with Crippen LogP contribution in [0, 0.1) is 5.41 Å². The highest BCUT2D eigenvalue weighted by atomic mass is 16.2. The minimum Gasteiger partial charge on any atom is -0.350 e. The van der Waals surface area contributed by atoms with Crippen molar-refractivity contribution < 1.29 is 14.4 Å². The van der Waals surface area contributed by atoms with E-state index in [4.69, 9.17) is 0 Å². The topological polar surface area (TPSA) is 87.3 Å². The second-order valence-electron chi connectivity index (χ2n) is 7.94. The van der Waals surface area contributed by atoms with E-state index in [1.807, 2.05) is 34.6 Å². The molecule has 0 aliphatic carbocycles. The van der Waals surface area contributed by atoms with Crippen LogP contribution in [0.25, 0.3) is 0 Å². The van der Waals surface area contributed by atoms with Crippen LogP contribution in [-0.2, 0) is 4.79 Å². The van der Waals surface area contributed by atoms with Gasteiger partial charge in [0, 0.05) is 34.0 Å². The molecule has 0 aliphatic rings. The fourth-order valence-corrected chi connectivity index (χ4v) is 2.31. The van der Waals surface area contributed by atoms with Gasteiger partial charge in [0.1, 0.15) is 0 Å². The van der Waals surface area contributed by atoms with Gasteiger partial charge in [-0.15, -0.1) is 0 Å². The molecule has 0 unspecified atom stereocenters. The Hall–Kier alpha value is -3.15. The molecule has 6 heteroatoms. The molecular formula is C22H27N3O3. The molecule has 0 aliphatic heterocycles. The molecule has 6 nitrogen and oxygen atoms in total. The summed E-state index contributed by atoms with van der Waals surface area (Å²) < 4.78 is 0. The van der Waals surface area contributed by atoms with Crippen LogP contribution >= 0.6 is 0 Å². The van der Waals surface area contributed by atoms with Crippen molar-refractivity contribution in [2.24, 2.45) is 5.41 Å². The first-order chi connectivity index (χ1) is 13.1. The Kier molecular flexibility index (Phi) is 6.57. The van der Waals surface area contributed by atoms with Crippen molar-refractivity contribution in [3.8, 4) is 0 Å². The van der Waals surface area contributed by atoms with Crippen molar-refractivity contribution in [1.82, 2.24) is 5.32 Å². The van der Waals surface area contributed by atoms with Gasteiger partial charge in [0.25, 0.3) is 11.8 Å². The van der Waals surface area contributed by atoms with Crippen LogP contribution in [0.15, 0.2) is 48.5 Å². The zero-order chi connectivity index (χ0) is 20.9. The van der Waals surface area contributed by atoms with Crippen molar-refractivity contribution in [3.63, 3.8) is 0 Å². The summed E-state index contributed by atoms with van der Waals surface area (Å²) >= 11 is 0. The molecule has 0 heterocycles. The highest BCUT2D eigenvalue weighted by Gasteiger charge is 2.21. The molecule has 0 radical (unpaired) electrons. The molecule has 0 fully saturated rings. The number of rotatable bonds is 5. The normalized spacial score (nSPS) is 11.1. The third-order valence-electron chi connectivity index (χ3n) is 3.89. The van der Waals surface area contributed by atoms with Gasteiger partial charge in [-0.2, -0.15) is 0 Å². The minimum absolute atomic E-state index is 0.0536. The molecule has 28 heavy (non-hydrogen) atoms. The first-order valence-corrected chi connectivity index (χ1v) is 9.20. The van der Waals surface area contributed by atoms with Crippen LogP contribution in [0.5, 0.6) is 0 Å². The SMILES string of the molecule is CC(C)NC(=O)c1ccc(NC(=O)c2cccc(NC(=O)C(C)(C)C)c2)cc1. The quantitative estimate of drug-likeness (QED) is 0.730. The second-order valence-corrected chi connectivity index (χ2v) is 7.94. The molecule has 0 atom stereocenters. The molecule has 3 amide bonds. The van der Waals surface area contributed by atoms with Gasteiger partial charge in [-0.25, -0.2) is 0 Å². The van der Waals surface area contributed by atoms with Gasteiger partial charge in [-0.1, -0.05) is 26.8 Å². The lowest BCUT2D eigenvalue weighted by molar-refractivity contribution is -0.123. The zero-order valence-corrected chi connectivity index (χ0v) is 16.9. The lowest BCUT2D eigenvalue weighted by atomic mass is 9.95. The molecule has 0 spiro atoms. The zero-order valence-electron chi connectivity index (χ0n) is 16.9. The van der Waals surface area contributed by atoms with Gasteiger partial charge in [-0.3, -0.25) is 14.4 Å². The Bertz CT molecular complexity index is 865. The van der Waals surface area contributed by atoms with Gasteiger partial charge in [0.15, 0.2) is 0 Å². The van der Waals surface area contributed by atoms with E-state index in [2.05, 4.69) is 16.0 Å². The summed E-state index contributed by atoms with van der Waals surface area (Å²) in [4.78, 5) is 36.6. The van der Waals surface area contributed by atoms with Crippen molar-refractivity contribution >= 4 is 29.1 Å². The smallest absolute Gasteiger partial charge is 0.255 e. The largest absolute Gasteiger partial charge is 0.350 e. The Labute approximate surface area is 165 Å². The number of carbonyl (C=O) groups is 3. The molecular weight excluding hydrogens is 354 g/mol. The summed E-state index contributed by atoms with van der Waals surface area (Å²) in [5.74, 6) is -0.582. The third-order valence-corrected chi connectivity index (χ3v) is 3.89. The molecule has 0 aromatic heterocycles. The first kappa shape index (κ1) is 21.2. The number of carbonyl (C=O) groups excluding carboxylic acids is 3. The average molecular weight is 381 g/mol. The number of nitrogens with one attached hydrogen (secondary N) is 3. The molecule has 3 N–H and O–H groups in total. The summed E-state index contributed by atoms with van der Waals surface area (Å²) in [6, 6.07) is 13.5. The number of amides is 3. The van der Waals surface area contributed by atoms with Gasteiger partial charge in [0.2, 0.25) is 5.91 Å². The van der Waals surface area contributed by atoms with Gasteiger partial charge < -0.3 is 16.0 Å². The Balaban J connectivity index is 2.06. The average Bonchev–Trinajstić information content (AvgIpc) is 2.61. The Morgan fingerprint density at radius 2 is 1.43 bits per heavy atom. The molecule has 0 bridgehead atoms. The highest BCUT2D eigenvalue weighted by molar-refractivity contribution is 6.05. The van der Waals surface area contributed by atoms with Crippen molar-refractivity contribution in [2.45, 2.75) is 40.7 Å². The van der Waals surface area contributed by atoms with Crippen molar-refractivity contribution in [2.75, 3.05) is 10.6 Å². The summed E-state index contributed by atoms with van der Waals surface area (Å²) in [5.41, 5.74) is 1.57. The fourth-order valence-electron chi connectivity index (χ4n) is 2.31. The molecule has 2 aromatic carbocycles. The maximum atomic E-state index is 12.5. The number of hydrogen-bond acceptors (Lipinski definition) is 3. The number of anilines is 2. The monoisotopic (exact) mass is 381 g/mol. The van der Waals surface area contributed by atoms with E-state index in [9.17, 15) is 14.4 Å². The molecule has 2 rings (SSSR count). The molecule has 2 aromatic rings. The highest BCUT2D eigenvalue weighted by Crippen LogP contribution is 2.19. The summed E-state index contributed by atoms with van der Waals surface area (Å²) in [7, 11) is 0. The van der Waals surface area contributed by atoms with E-state index in [1.165, 1.54) is 0 Å². The second kappa shape index (κ2) is 8.69. The maximum Gasteiger partial charge on any atom is 0.255 e. The Morgan fingerprint density at radius 1 is 0.786 bits per heavy atom. The standard InChI is InChI=1S/C22H27N3O3/c1-14(2)23-19(26)15-9-11-17(12-10-15)24-20(27)16-7-6-8-18(13-16)25-21(28)22(3,4)5/h6-14H,1-5H3,(H,23,26)(H,24,27)(H,25,28). The van der Waals surface area contributed by atoms with Crippen molar-refractivity contribution in [3.05, 3.63) is 59.7 Å². The van der Waals surface area contributed by atoms with Crippen LogP contribution in [0.3, 0.4) is 0 Å². The van der Waals surface area contributed by atoms with Gasteiger partial charge in [-0.05, 0) is 56.3 Å². The first-order valence-electron chi connectivity index (χ1n) is 9.20.